The highest BCUT2D eigenvalue weighted by Crippen LogP contribution is 2.11. The summed E-state index contributed by atoms with van der Waals surface area (Å²) in [5, 5.41) is 2.60. The average Bonchev–Trinajstić information content (AvgIpc) is 3.23. The third-order valence-electron chi connectivity index (χ3n) is 3.96. The molecule has 0 aliphatic heterocycles. The number of aryl methyl sites for hydroxylation is 2. The van der Waals surface area contributed by atoms with Gasteiger partial charge in [-0.3, -0.25) is 9.59 Å². The van der Waals surface area contributed by atoms with E-state index in [0.29, 0.717) is 18.0 Å². The van der Waals surface area contributed by atoms with Crippen LogP contribution >= 0.6 is 0 Å². The van der Waals surface area contributed by atoms with E-state index >= 15 is 0 Å². The number of hydrogen-bond donors (Lipinski definition) is 1. The van der Waals surface area contributed by atoms with Crippen molar-refractivity contribution in [2.75, 3.05) is 0 Å². The van der Waals surface area contributed by atoms with Crippen LogP contribution in [0.2, 0.25) is 0 Å². The van der Waals surface area contributed by atoms with Crippen molar-refractivity contribution in [3.8, 4) is 0 Å². The molecule has 0 spiro atoms. The molecule has 0 bridgehead atoms. The molecule has 1 aromatic carbocycles. The minimum Gasteiger partial charge on any atom is -0.465 e. The van der Waals surface area contributed by atoms with Gasteiger partial charge in [0.25, 0.3) is 11.7 Å². The third-order valence-corrected chi connectivity index (χ3v) is 3.96. The molecule has 1 amide bonds. The highest BCUT2D eigenvalue weighted by atomic mass is 16.3. The maximum atomic E-state index is 12.4. The van der Waals surface area contributed by atoms with Crippen LogP contribution in [0.3, 0.4) is 0 Å². The van der Waals surface area contributed by atoms with Gasteiger partial charge in [-0.05, 0) is 43.7 Å². The lowest BCUT2D eigenvalue weighted by atomic mass is 10.1. The highest BCUT2D eigenvalue weighted by Gasteiger charge is 2.19. The van der Waals surface area contributed by atoms with Crippen molar-refractivity contribution in [1.82, 2.24) is 9.88 Å². The third kappa shape index (κ3) is 4.07. The van der Waals surface area contributed by atoms with Crippen molar-refractivity contribution in [2.24, 2.45) is 0 Å². The zero-order chi connectivity index (χ0) is 17.8. The number of rotatable bonds is 6. The Morgan fingerprint density at radius 3 is 2.48 bits per heavy atom. The van der Waals surface area contributed by atoms with Gasteiger partial charge in [-0.1, -0.05) is 29.8 Å². The number of amides is 1. The monoisotopic (exact) mass is 336 g/mol. The van der Waals surface area contributed by atoms with E-state index in [1.165, 1.54) is 5.56 Å². The van der Waals surface area contributed by atoms with Gasteiger partial charge < -0.3 is 14.3 Å². The van der Waals surface area contributed by atoms with Crippen molar-refractivity contribution in [3.05, 3.63) is 83.1 Å². The van der Waals surface area contributed by atoms with Gasteiger partial charge in [0.1, 0.15) is 11.5 Å². The van der Waals surface area contributed by atoms with Gasteiger partial charge in [-0.25, -0.2) is 0 Å². The van der Waals surface area contributed by atoms with Crippen LogP contribution in [0.1, 0.15) is 33.1 Å². The summed E-state index contributed by atoms with van der Waals surface area (Å²) >= 11 is 0. The van der Waals surface area contributed by atoms with Gasteiger partial charge >= 0.3 is 0 Å². The highest BCUT2D eigenvalue weighted by molar-refractivity contribution is 6.42. The molecule has 25 heavy (non-hydrogen) atoms. The fourth-order valence-corrected chi connectivity index (χ4v) is 2.59. The smallest absolute Gasteiger partial charge is 0.294 e. The molecule has 0 saturated carbocycles. The summed E-state index contributed by atoms with van der Waals surface area (Å²) in [6, 6.07) is 15.1. The quantitative estimate of drug-likeness (QED) is 0.555. The average molecular weight is 336 g/mol. The Morgan fingerprint density at radius 2 is 1.80 bits per heavy atom. The summed E-state index contributed by atoms with van der Waals surface area (Å²) in [5.41, 5.74) is 2.62. The van der Waals surface area contributed by atoms with Crippen LogP contribution in [0.15, 0.2) is 59.1 Å². The molecular weight excluding hydrogens is 316 g/mol. The molecule has 5 nitrogen and oxygen atoms in total. The molecule has 0 aliphatic rings. The Kier molecular flexibility index (Phi) is 4.84. The Bertz CT molecular complexity index is 888. The first kappa shape index (κ1) is 16.8. The number of hydrogen-bond acceptors (Lipinski definition) is 3. The Balaban J connectivity index is 1.66. The predicted molar refractivity (Wildman–Crippen MR) is 94.3 cm³/mol. The number of furan rings is 1. The molecule has 3 aromatic rings. The fourth-order valence-electron chi connectivity index (χ4n) is 2.59. The summed E-state index contributed by atoms with van der Waals surface area (Å²) < 4.78 is 7.17. The SMILES string of the molecule is Cc1ccc(Cn2cccc2C(=O)C(=O)NCc2ccc(C)o2)cc1. The van der Waals surface area contributed by atoms with Gasteiger partial charge in [0.15, 0.2) is 0 Å². The first-order chi connectivity index (χ1) is 12.0. The van der Waals surface area contributed by atoms with Crippen molar-refractivity contribution in [2.45, 2.75) is 26.9 Å². The minimum atomic E-state index is -0.641. The van der Waals surface area contributed by atoms with Gasteiger partial charge in [0.2, 0.25) is 0 Å². The molecule has 1 N–H and O–H groups in total. The second kappa shape index (κ2) is 7.21. The molecule has 0 aliphatic carbocycles. The first-order valence-electron chi connectivity index (χ1n) is 8.11. The lowest BCUT2D eigenvalue weighted by Crippen LogP contribution is -2.31. The second-order valence-electron chi connectivity index (χ2n) is 6.03. The van der Waals surface area contributed by atoms with Crippen LogP contribution in [0.25, 0.3) is 0 Å². The van der Waals surface area contributed by atoms with E-state index in [0.717, 1.165) is 11.3 Å². The second-order valence-corrected chi connectivity index (χ2v) is 6.03. The maximum Gasteiger partial charge on any atom is 0.294 e. The zero-order valence-electron chi connectivity index (χ0n) is 14.3. The number of ketones is 1. The van der Waals surface area contributed by atoms with E-state index in [-0.39, 0.29) is 6.54 Å². The summed E-state index contributed by atoms with van der Waals surface area (Å²) in [7, 11) is 0. The van der Waals surface area contributed by atoms with Gasteiger partial charge in [0, 0.05) is 12.7 Å². The molecule has 2 heterocycles. The molecule has 0 unspecified atom stereocenters. The number of Topliss-reactive ketones (excluding diaryl/α,β-unsaturated/α-hetero) is 1. The molecular formula is C20H20N2O3. The van der Waals surface area contributed by atoms with E-state index in [2.05, 4.69) is 5.32 Å². The summed E-state index contributed by atoms with van der Waals surface area (Å²) in [6.07, 6.45) is 1.80. The molecule has 0 fully saturated rings. The number of benzene rings is 1. The van der Waals surface area contributed by atoms with Crippen molar-refractivity contribution < 1.29 is 14.0 Å². The molecule has 2 aromatic heterocycles. The van der Waals surface area contributed by atoms with Crippen LogP contribution in [0, 0.1) is 13.8 Å². The molecule has 5 heteroatoms. The van der Waals surface area contributed by atoms with E-state index in [1.807, 2.05) is 44.2 Å². The maximum absolute atomic E-state index is 12.4. The zero-order valence-corrected chi connectivity index (χ0v) is 14.3. The standard InChI is InChI=1S/C20H20N2O3/c1-14-5-8-16(9-6-14)13-22-11-3-4-18(22)19(23)20(24)21-12-17-10-7-15(2)25-17/h3-11H,12-13H2,1-2H3,(H,21,24). The fraction of sp³-hybridized carbons (Fsp3) is 0.200. The normalized spacial score (nSPS) is 10.6. The van der Waals surface area contributed by atoms with E-state index in [9.17, 15) is 9.59 Å². The number of nitrogens with one attached hydrogen (secondary N) is 1. The summed E-state index contributed by atoms with van der Waals surface area (Å²) in [5.74, 6) is 0.189. The molecule has 3 rings (SSSR count). The minimum absolute atomic E-state index is 0.192. The van der Waals surface area contributed by atoms with Gasteiger partial charge in [-0.15, -0.1) is 0 Å². The van der Waals surface area contributed by atoms with Crippen LogP contribution in [0.5, 0.6) is 0 Å². The number of nitrogens with zero attached hydrogens (tertiary/aromatic N) is 1. The summed E-state index contributed by atoms with van der Waals surface area (Å²) in [6.45, 7) is 4.59. The van der Waals surface area contributed by atoms with Gasteiger partial charge in [0.05, 0.1) is 12.2 Å². The van der Waals surface area contributed by atoms with Gasteiger partial charge in [-0.2, -0.15) is 0 Å². The van der Waals surface area contributed by atoms with Crippen LogP contribution in [0.4, 0.5) is 0 Å². The Labute approximate surface area is 146 Å². The van der Waals surface area contributed by atoms with E-state index in [1.54, 1.807) is 29.0 Å². The van der Waals surface area contributed by atoms with Crippen molar-refractivity contribution >= 4 is 11.7 Å². The molecule has 0 radical (unpaired) electrons. The number of carbonyl (C=O) groups excluding carboxylic acids is 2. The number of aromatic nitrogens is 1. The summed E-state index contributed by atoms with van der Waals surface area (Å²) in [4.78, 5) is 24.6. The predicted octanol–water partition coefficient (Wildman–Crippen LogP) is 3.25. The Hall–Kier alpha value is -3.08. The Morgan fingerprint density at radius 1 is 1.04 bits per heavy atom. The van der Waals surface area contributed by atoms with E-state index < -0.39 is 11.7 Å². The van der Waals surface area contributed by atoms with Crippen molar-refractivity contribution in [1.29, 1.82) is 0 Å². The molecule has 0 saturated heterocycles. The largest absolute Gasteiger partial charge is 0.465 e. The number of carbonyl (C=O) groups is 2. The van der Waals surface area contributed by atoms with Crippen LogP contribution in [-0.2, 0) is 17.9 Å². The van der Waals surface area contributed by atoms with Crippen LogP contribution < -0.4 is 5.32 Å². The lowest BCUT2D eigenvalue weighted by Gasteiger charge is -2.09. The topological polar surface area (TPSA) is 64.2 Å². The molecule has 0 atom stereocenters. The van der Waals surface area contributed by atoms with E-state index in [4.69, 9.17) is 4.42 Å². The first-order valence-corrected chi connectivity index (χ1v) is 8.11. The lowest BCUT2D eigenvalue weighted by molar-refractivity contribution is -0.117. The van der Waals surface area contributed by atoms with Crippen LogP contribution in [-0.4, -0.2) is 16.3 Å². The molecule has 128 valence electrons. The van der Waals surface area contributed by atoms with Crippen molar-refractivity contribution in [3.63, 3.8) is 0 Å².